The maximum atomic E-state index is 5.13. The van der Waals surface area contributed by atoms with Crippen molar-refractivity contribution in [3.8, 4) is 5.75 Å². The molecule has 1 rings (SSSR count). The van der Waals surface area contributed by atoms with Crippen molar-refractivity contribution in [2.75, 3.05) is 27.9 Å². The highest BCUT2D eigenvalue weighted by Gasteiger charge is 2.08. The molecule has 1 N–H and O–H groups in total. The molecule has 0 aromatic heterocycles. The van der Waals surface area contributed by atoms with Crippen molar-refractivity contribution in [3.05, 3.63) is 29.8 Å². The van der Waals surface area contributed by atoms with Gasteiger partial charge in [-0.25, -0.2) is 0 Å². The zero-order chi connectivity index (χ0) is 13.4. The predicted octanol–water partition coefficient (Wildman–Crippen LogP) is 1.83. The van der Waals surface area contributed by atoms with Crippen LogP contribution in [-0.4, -0.2) is 40.2 Å². The van der Waals surface area contributed by atoms with Gasteiger partial charge in [0.1, 0.15) is 5.75 Å². The van der Waals surface area contributed by atoms with Crippen LogP contribution in [0.25, 0.3) is 0 Å². The largest absolute Gasteiger partial charge is 0.497 e. The quantitative estimate of drug-likeness (QED) is 0.718. The molecule has 1 aromatic rings. The summed E-state index contributed by atoms with van der Waals surface area (Å²) in [5.74, 6) is 0.887. The first-order chi connectivity index (χ1) is 8.69. The highest BCUT2D eigenvalue weighted by Crippen LogP contribution is 2.12. The van der Waals surface area contributed by atoms with Gasteiger partial charge >= 0.3 is 0 Å². The van der Waals surface area contributed by atoms with Crippen molar-refractivity contribution < 1.29 is 14.2 Å². The third-order valence-electron chi connectivity index (χ3n) is 2.86. The van der Waals surface area contributed by atoms with Crippen molar-refractivity contribution in [1.82, 2.24) is 5.32 Å². The molecule has 1 aromatic carbocycles. The highest BCUT2D eigenvalue weighted by molar-refractivity contribution is 5.27. The van der Waals surface area contributed by atoms with E-state index in [4.69, 9.17) is 14.2 Å². The van der Waals surface area contributed by atoms with Gasteiger partial charge in [-0.05, 0) is 31.0 Å². The smallest absolute Gasteiger partial charge is 0.169 e. The van der Waals surface area contributed by atoms with E-state index in [-0.39, 0.29) is 6.29 Å². The predicted molar refractivity (Wildman–Crippen MR) is 72.0 cm³/mol. The molecule has 1 unspecified atom stereocenters. The van der Waals surface area contributed by atoms with Crippen molar-refractivity contribution >= 4 is 0 Å². The SMILES string of the molecule is COc1ccc(CC(C)NCC(OC)OC)cc1. The van der Waals surface area contributed by atoms with Gasteiger partial charge in [0.15, 0.2) is 6.29 Å². The van der Waals surface area contributed by atoms with Crippen molar-refractivity contribution in [1.29, 1.82) is 0 Å². The minimum atomic E-state index is -0.191. The Balaban J connectivity index is 2.36. The summed E-state index contributed by atoms with van der Waals surface area (Å²) in [4.78, 5) is 0. The fourth-order valence-electron chi connectivity index (χ4n) is 1.75. The molecule has 4 heteroatoms. The molecular formula is C14H23NO3. The molecular weight excluding hydrogens is 230 g/mol. The summed E-state index contributed by atoms with van der Waals surface area (Å²) < 4.78 is 15.4. The molecule has 0 aliphatic rings. The van der Waals surface area contributed by atoms with Crippen LogP contribution in [0.3, 0.4) is 0 Å². The van der Waals surface area contributed by atoms with Crippen LogP contribution < -0.4 is 10.1 Å². The maximum absolute atomic E-state index is 5.13. The van der Waals surface area contributed by atoms with Gasteiger partial charge in [0.05, 0.1) is 7.11 Å². The van der Waals surface area contributed by atoms with Crippen LogP contribution in [0.2, 0.25) is 0 Å². The molecule has 0 heterocycles. The van der Waals surface area contributed by atoms with E-state index >= 15 is 0 Å². The molecule has 102 valence electrons. The summed E-state index contributed by atoms with van der Waals surface area (Å²) in [5, 5.41) is 3.38. The fourth-order valence-corrected chi connectivity index (χ4v) is 1.75. The second-order valence-corrected chi connectivity index (χ2v) is 4.26. The molecule has 0 aliphatic carbocycles. The Kier molecular flexibility index (Phi) is 6.72. The van der Waals surface area contributed by atoms with Gasteiger partial charge in [-0.2, -0.15) is 0 Å². The Morgan fingerprint density at radius 3 is 2.17 bits per heavy atom. The van der Waals surface area contributed by atoms with E-state index in [0.717, 1.165) is 12.2 Å². The van der Waals surface area contributed by atoms with Gasteiger partial charge in [0, 0.05) is 26.8 Å². The molecule has 0 radical (unpaired) electrons. The average molecular weight is 253 g/mol. The molecule has 0 fully saturated rings. The van der Waals surface area contributed by atoms with E-state index in [1.54, 1.807) is 21.3 Å². The van der Waals surface area contributed by atoms with Gasteiger partial charge in [0.25, 0.3) is 0 Å². The maximum Gasteiger partial charge on any atom is 0.169 e. The minimum absolute atomic E-state index is 0.191. The Morgan fingerprint density at radius 2 is 1.67 bits per heavy atom. The number of hydrogen-bond donors (Lipinski definition) is 1. The van der Waals surface area contributed by atoms with Crippen LogP contribution in [-0.2, 0) is 15.9 Å². The Morgan fingerprint density at radius 1 is 1.06 bits per heavy atom. The Labute approximate surface area is 109 Å². The Bertz CT molecular complexity index is 322. The summed E-state index contributed by atoms with van der Waals surface area (Å²) in [7, 11) is 4.96. The lowest BCUT2D eigenvalue weighted by molar-refractivity contribution is -0.0996. The summed E-state index contributed by atoms with van der Waals surface area (Å²) in [6.45, 7) is 2.83. The zero-order valence-electron chi connectivity index (χ0n) is 11.6. The molecule has 18 heavy (non-hydrogen) atoms. The number of methoxy groups -OCH3 is 3. The Hall–Kier alpha value is -1.10. The fraction of sp³-hybridized carbons (Fsp3) is 0.571. The topological polar surface area (TPSA) is 39.7 Å². The summed E-state index contributed by atoms with van der Waals surface area (Å²) in [6, 6.07) is 8.50. The third-order valence-corrected chi connectivity index (χ3v) is 2.86. The van der Waals surface area contributed by atoms with Gasteiger partial charge in [0.2, 0.25) is 0 Å². The zero-order valence-corrected chi connectivity index (χ0v) is 11.6. The lowest BCUT2D eigenvalue weighted by atomic mass is 10.1. The number of hydrogen-bond acceptors (Lipinski definition) is 4. The van der Waals surface area contributed by atoms with E-state index in [0.29, 0.717) is 12.6 Å². The van der Waals surface area contributed by atoms with Crippen LogP contribution in [0.5, 0.6) is 5.75 Å². The van der Waals surface area contributed by atoms with E-state index in [1.165, 1.54) is 5.56 Å². The molecule has 0 aliphatic heterocycles. The van der Waals surface area contributed by atoms with E-state index in [9.17, 15) is 0 Å². The second-order valence-electron chi connectivity index (χ2n) is 4.26. The first-order valence-electron chi connectivity index (χ1n) is 6.11. The van der Waals surface area contributed by atoms with Crippen molar-refractivity contribution in [2.45, 2.75) is 25.7 Å². The molecule has 0 saturated heterocycles. The number of nitrogens with one attached hydrogen (secondary N) is 1. The lowest BCUT2D eigenvalue weighted by Crippen LogP contribution is -2.36. The summed E-state index contributed by atoms with van der Waals surface area (Å²) in [6.07, 6.45) is 0.771. The van der Waals surface area contributed by atoms with Crippen LogP contribution >= 0.6 is 0 Å². The first-order valence-corrected chi connectivity index (χ1v) is 6.11. The molecule has 4 nitrogen and oxygen atoms in total. The summed E-state index contributed by atoms with van der Waals surface area (Å²) in [5.41, 5.74) is 1.28. The first kappa shape index (κ1) is 15.0. The van der Waals surface area contributed by atoms with Gasteiger partial charge in [-0.3, -0.25) is 0 Å². The van der Waals surface area contributed by atoms with Gasteiger partial charge in [-0.15, -0.1) is 0 Å². The van der Waals surface area contributed by atoms with Crippen LogP contribution in [0.1, 0.15) is 12.5 Å². The standard InChI is InChI=1S/C14H23NO3/c1-11(15-10-14(17-3)18-4)9-12-5-7-13(16-2)8-6-12/h5-8,11,14-15H,9-10H2,1-4H3. The molecule has 0 amide bonds. The monoisotopic (exact) mass is 253 g/mol. The minimum Gasteiger partial charge on any atom is -0.497 e. The van der Waals surface area contributed by atoms with Crippen molar-refractivity contribution in [2.24, 2.45) is 0 Å². The van der Waals surface area contributed by atoms with Crippen LogP contribution in [0, 0.1) is 0 Å². The van der Waals surface area contributed by atoms with Crippen molar-refractivity contribution in [3.63, 3.8) is 0 Å². The van der Waals surface area contributed by atoms with E-state index in [1.807, 2.05) is 12.1 Å². The molecule has 0 bridgehead atoms. The third kappa shape index (κ3) is 5.04. The number of benzene rings is 1. The molecule has 0 saturated carbocycles. The molecule has 0 spiro atoms. The normalized spacial score (nSPS) is 12.7. The number of ether oxygens (including phenoxy) is 3. The van der Waals surface area contributed by atoms with E-state index in [2.05, 4.69) is 24.4 Å². The van der Waals surface area contributed by atoms with Gasteiger partial charge in [-0.1, -0.05) is 12.1 Å². The highest BCUT2D eigenvalue weighted by atomic mass is 16.7. The van der Waals surface area contributed by atoms with E-state index < -0.39 is 0 Å². The van der Waals surface area contributed by atoms with Crippen LogP contribution in [0.4, 0.5) is 0 Å². The average Bonchev–Trinajstić information content (AvgIpc) is 2.41. The lowest BCUT2D eigenvalue weighted by Gasteiger charge is -2.18. The second kappa shape index (κ2) is 8.08. The number of rotatable bonds is 8. The molecule has 1 atom stereocenters. The van der Waals surface area contributed by atoms with Crippen LogP contribution in [0.15, 0.2) is 24.3 Å². The van der Waals surface area contributed by atoms with Gasteiger partial charge < -0.3 is 19.5 Å². The summed E-state index contributed by atoms with van der Waals surface area (Å²) >= 11 is 0.